The summed E-state index contributed by atoms with van der Waals surface area (Å²) in [6.45, 7) is -0.528. The molecule has 0 aromatic heterocycles. The van der Waals surface area contributed by atoms with E-state index < -0.39 is 12.4 Å². The maximum Gasteiger partial charge on any atom is 0.387 e. The molecule has 0 saturated heterocycles. The van der Waals surface area contributed by atoms with Gasteiger partial charge in [-0.05, 0) is 24.6 Å². The molecule has 142 valence electrons. The number of hydrogen-bond donors (Lipinski definition) is 2. The van der Waals surface area contributed by atoms with E-state index in [0.29, 0.717) is 12.5 Å². The van der Waals surface area contributed by atoms with E-state index in [-0.39, 0.29) is 41.8 Å². The van der Waals surface area contributed by atoms with Crippen molar-refractivity contribution in [1.29, 1.82) is 0 Å². The molecule has 26 heavy (non-hydrogen) atoms. The molecule has 0 radical (unpaired) electrons. The van der Waals surface area contributed by atoms with Gasteiger partial charge < -0.3 is 15.4 Å². The second kappa shape index (κ2) is 10.9. The van der Waals surface area contributed by atoms with Crippen LogP contribution >= 0.6 is 24.0 Å². The number of aryl methyl sites for hydroxylation is 1. The molecule has 2 rings (SSSR count). The fourth-order valence-electron chi connectivity index (χ4n) is 2.32. The lowest BCUT2D eigenvalue weighted by Gasteiger charge is -2.15. The topological polar surface area (TPSA) is 45.7 Å². The molecule has 0 bridgehead atoms. The van der Waals surface area contributed by atoms with Crippen LogP contribution in [0.1, 0.15) is 16.7 Å². The Morgan fingerprint density at radius 2 is 1.81 bits per heavy atom. The van der Waals surface area contributed by atoms with Crippen molar-refractivity contribution in [3.05, 3.63) is 65.0 Å². The van der Waals surface area contributed by atoms with Gasteiger partial charge in [-0.1, -0.05) is 35.9 Å². The lowest BCUT2D eigenvalue weighted by Crippen LogP contribution is -2.36. The van der Waals surface area contributed by atoms with E-state index in [9.17, 15) is 13.2 Å². The number of aliphatic imine (C=N–C) groups is 1. The van der Waals surface area contributed by atoms with E-state index in [1.165, 1.54) is 18.2 Å². The summed E-state index contributed by atoms with van der Waals surface area (Å²) >= 11 is 0. The zero-order valence-electron chi connectivity index (χ0n) is 14.4. The van der Waals surface area contributed by atoms with Gasteiger partial charge in [0.15, 0.2) is 5.96 Å². The third kappa shape index (κ3) is 6.74. The first-order valence-corrected chi connectivity index (χ1v) is 7.72. The quantitative estimate of drug-likeness (QED) is 0.371. The number of halogens is 4. The van der Waals surface area contributed by atoms with Crippen LogP contribution < -0.4 is 15.4 Å². The number of alkyl halides is 2. The number of nitrogens with one attached hydrogen (secondary N) is 2. The molecule has 0 aliphatic carbocycles. The predicted molar refractivity (Wildman–Crippen MR) is 107 cm³/mol. The van der Waals surface area contributed by atoms with Crippen molar-refractivity contribution in [2.24, 2.45) is 4.99 Å². The number of ether oxygens (including phenoxy) is 1. The highest BCUT2D eigenvalue weighted by atomic mass is 127. The number of guanidine groups is 1. The Kier molecular flexibility index (Phi) is 9.25. The van der Waals surface area contributed by atoms with Crippen molar-refractivity contribution in [3.8, 4) is 5.75 Å². The maximum absolute atomic E-state index is 13.9. The molecule has 0 atom stereocenters. The lowest BCUT2D eigenvalue weighted by molar-refractivity contribution is -0.0506. The van der Waals surface area contributed by atoms with E-state index in [4.69, 9.17) is 0 Å². The summed E-state index contributed by atoms with van der Waals surface area (Å²) in [5.74, 6) is -0.399. The number of hydrogen-bond acceptors (Lipinski definition) is 2. The molecule has 0 saturated carbocycles. The maximum atomic E-state index is 13.9. The fourth-order valence-corrected chi connectivity index (χ4v) is 2.32. The Hall–Kier alpha value is -1.97. The highest BCUT2D eigenvalue weighted by molar-refractivity contribution is 14.0. The molecule has 2 aromatic carbocycles. The average molecular weight is 479 g/mol. The summed E-state index contributed by atoms with van der Waals surface area (Å²) < 4.78 is 43.2. The molecule has 8 heteroatoms. The first kappa shape index (κ1) is 22.1. The van der Waals surface area contributed by atoms with Gasteiger partial charge in [0.2, 0.25) is 0 Å². The molecule has 0 amide bonds. The largest absolute Gasteiger partial charge is 0.434 e. The second-order valence-corrected chi connectivity index (χ2v) is 5.36. The van der Waals surface area contributed by atoms with E-state index >= 15 is 0 Å². The van der Waals surface area contributed by atoms with E-state index in [0.717, 1.165) is 11.1 Å². The second-order valence-electron chi connectivity index (χ2n) is 5.36. The van der Waals surface area contributed by atoms with Crippen molar-refractivity contribution < 1.29 is 17.9 Å². The third-order valence-electron chi connectivity index (χ3n) is 3.49. The van der Waals surface area contributed by atoms with Gasteiger partial charge in [-0.15, -0.1) is 24.0 Å². The normalized spacial score (nSPS) is 11.1. The zero-order valence-corrected chi connectivity index (χ0v) is 16.8. The Balaban J connectivity index is 0.00000338. The molecule has 0 aliphatic rings. The van der Waals surface area contributed by atoms with Crippen LogP contribution in [0.25, 0.3) is 0 Å². The van der Waals surface area contributed by atoms with Gasteiger partial charge >= 0.3 is 6.61 Å². The smallest absolute Gasteiger partial charge is 0.387 e. The molecule has 0 fully saturated rings. The van der Waals surface area contributed by atoms with E-state index in [2.05, 4.69) is 20.4 Å². The van der Waals surface area contributed by atoms with Crippen LogP contribution in [0.3, 0.4) is 0 Å². The summed E-state index contributed by atoms with van der Waals surface area (Å²) in [4.78, 5) is 4.04. The highest BCUT2D eigenvalue weighted by Gasteiger charge is 2.14. The van der Waals surface area contributed by atoms with Gasteiger partial charge in [-0.25, -0.2) is 4.39 Å². The van der Waals surface area contributed by atoms with Crippen LogP contribution in [0.4, 0.5) is 13.2 Å². The Labute approximate surface area is 167 Å². The first-order valence-electron chi connectivity index (χ1n) is 7.72. The van der Waals surface area contributed by atoms with Gasteiger partial charge in [-0.3, -0.25) is 4.99 Å². The summed E-state index contributed by atoms with van der Waals surface area (Å²) in [7, 11) is 1.57. The van der Waals surface area contributed by atoms with Gasteiger partial charge in [0.25, 0.3) is 0 Å². The van der Waals surface area contributed by atoms with Crippen LogP contribution in [0.5, 0.6) is 5.75 Å². The zero-order chi connectivity index (χ0) is 18.2. The summed E-state index contributed by atoms with van der Waals surface area (Å²) in [6.07, 6.45) is 0. The minimum absolute atomic E-state index is 0. The Bertz CT molecular complexity index is 741. The summed E-state index contributed by atoms with van der Waals surface area (Å²) in [5, 5.41) is 5.99. The number of nitrogens with zero attached hydrogens (tertiary/aromatic N) is 1. The predicted octanol–water partition coefficient (Wildman–Crippen LogP) is 4.22. The van der Waals surface area contributed by atoms with Crippen LogP contribution in [0.15, 0.2) is 47.5 Å². The van der Waals surface area contributed by atoms with Crippen LogP contribution in [0.2, 0.25) is 0 Å². The highest BCUT2D eigenvalue weighted by Crippen LogP contribution is 2.23. The van der Waals surface area contributed by atoms with Gasteiger partial charge in [0.1, 0.15) is 11.6 Å². The van der Waals surface area contributed by atoms with E-state index in [1.807, 2.05) is 31.2 Å². The molecule has 4 nitrogen and oxygen atoms in total. The monoisotopic (exact) mass is 479 g/mol. The first-order chi connectivity index (χ1) is 12.0. The van der Waals surface area contributed by atoms with Crippen molar-refractivity contribution >= 4 is 29.9 Å². The minimum atomic E-state index is -3.01. The van der Waals surface area contributed by atoms with Crippen LogP contribution in [0, 0.1) is 12.7 Å². The molecule has 2 aromatic rings. The standard InChI is InChI=1S/C18H20F3N3O.HI/c1-12-5-3-6-13(9-12)10-23-18(22-2)24-11-14-15(19)7-4-8-16(14)25-17(20)21;/h3-9,17H,10-11H2,1-2H3,(H2,22,23,24);1H. The van der Waals surface area contributed by atoms with Gasteiger partial charge in [0.05, 0.1) is 0 Å². The van der Waals surface area contributed by atoms with Crippen LogP contribution in [-0.4, -0.2) is 19.6 Å². The van der Waals surface area contributed by atoms with E-state index in [1.54, 1.807) is 7.05 Å². The summed E-state index contributed by atoms with van der Waals surface area (Å²) in [5.41, 5.74) is 2.22. The van der Waals surface area contributed by atoms with Crippen LogP contribution in [-0.2, 0) is 13.1 Å². The lowest BCUT2D eigenvalue weighted by atomic mass is 10.1. The Morgan fingerprint density at radius 1 is 1.12 bits per heavy atom. The molecular weight excluding hydrogens is 458 g/mol. The number of rotatable bonds is 6. The van der Waals surface area contributed by atoms with Gasteiger partial charge in [-0.2, -0.15) is 8.78 Å². The van der Waals surface area contributed by atoms with Crippen molar-refractivity contribution in [3.63, 3.8) is 0 Å². The SMILES string of the molecule is CN=C(NCc1cccc(C)c1)NCc1c(F)cccc1OC(F)F.I. The summed E-state index contributed by atoms with van der Waals surface area (Å²) in [6, 6.07) is 11.8. The van der Waals surface area contributed by atoms with Gasteiger partial charge in [0, 0.05) is 25.7 Å². The van der Waals surface area contributed by atoms with Crippen molar-refractivity contribution in [1.82, 2.24) is 10.6 Å². The fraction of sp³-hybridized carbons (Fsp3) is 0.278. The third-order valence-corrected chi connectivity index (χ3v) is 3.49. The minimum Gasteiger partial charge on any atom is -0.434 e. The number of benzene rings is 2. The molecule has 0 aliphatic heterocycles. The molecule has 0 spiro atoms. The van der Waals surface area contributed by atoms with Crippen molar-refractivity contribution in [2.45, 2.75) is 26.6 Å². The average Bonchev–Trinajstić information content (AvgIpc) is 2.56. The molecule has 0 unspecified atom stereocenters. The van der Waals surface area contributed by atoms with Crippen molar-refractivity contribution in [2.75, 3.05) is 7.05 Å². The molecule has 0 heterocycles. The molecular formula is C18H21F3IN3O. The molecule has 2 N–H and O–H groups in total. The Morgan fingerprint density at radius 3 is 2.46 bits per heavy atom.